The molecule has 0 spiro atoms. The fourth-order valence-corrected chi connectivity index (χ4v) is 2.25. The van der Waals surface area contributed by atoms with Gasteiger partial charge in [-0.05, 0) is 43.0 Å². The summed E-state index contributed by atoms with van der Waals surface area (Å²) < 4.78 is 5.56. The maximum Gasteiger partial charge on any atom is 0.314 e. The first kappa shape index (κ1) is 12.7. The summed E-state index contributed by atoms with van der Waals surface area (Å²) >= 11 is 0. The zero-order valence-electron chi connectivity index (χ0n) is 10.6. The summed E-state index contributed by atoms with van der Waals surface area (Å²) in [4.78, 5) is 11.4. The second-order valence-electron chi connectivity index (χ2n) is 5.01. The summed E-state index contributed by atoms with van der Waals surface area (Å²) in [6.45, 7) is 6.14. The summed E-state index contributed by atoms with van der Waals surface area (Å²) in [5.74, 6) is -0.0196. The predicted molar refractivity (Wildman–Crippen MR) is 69.9 cm³/mol. The normalized spacial score (nSPS) is 16.7. The summed E-state index contributed by atoms with van der Waals surface area (Å²) in [6.07, 6.45) is 2.40. The second kappa shape index (κ2) is 4.84. The molecule has 0 saturated heterocycles. The van der Waals surface area contributed by atoms with Crippen LogP contribution in [-0.4, -0.2) is 17.7 Å². The minimum Gasteiger partial charge on any atom is -0.489 e. The quantitative estimate of drug-likeness (QED) is 0.812. The van der Waals surface area contributed by atoms with Gasteiger partial charge in [0, 0.05) is 0 Å². The second-order valence-corrected chi connectivity index (χ2v) is 5.01. The SMILES string of the molecule is C=C(C)COc1cccc(C2(C(=O)O)CCC2)c1. The van der Waals surface area contributed by atoms with Crippen LogP contribution in [0.2, 0.25) is 0 Å². The Hall–Kier alpha value is -1.77. The van der Waals surface area contributed by atoms with E-state index in [0.717, 1.165) is 17.6 Å². The molecule has 18 heavy (non-hydrogen) atoms. The Bertz CT molecular complexity index is 472. The molecule has 2 rings (SSSR count). The molecule has 3 nitrogen and oxygen atoms in total. The topological polar surface area (TPSA) is 46.5 Å². The van der Waals surface area contributed by atoms with Gasteiger partial charge >= 0.3 is 5.97 Å². The molecule has 1 aliphatic rings. The zero-order chi connectivity index (χ0) is 13.2. The van der Waals surface area contributed by atoms with Gasteiger partial charge in [0.05, 0.1) is 5.41 Å². The van der Waals surface area contributed by atoms with Crippen LogP contribution in [0.1, 0.15) is 31.7 Å². The number of carboxylic acids is 1. The highest BCUT2D eigenvalue weighted by atomic mass is 16.5. The van der Waals surface area contributed by atoms with Crippen molar-refractivity contribution < 1.29 is 14.6 Å². The fraction of sp³-hybridized carbons (Fsp3) is 0.400. The lowest BCUT2D eigenvalue weighted by atomic mass is 9.64. The Morgan fingerprint density at radius 2 is 2.22 bits per heavy atom. The first-order chi connectivity index (χ1) is 8.54. The molecule has 1 N–H and O–H groups in total. The third-order valence-electron chi connectivity index (χ3n) is 3.49. The van der Waals surface area contributed by atoms with Crippen LogP contribution in [0.4, 0.5) is 0 Å². The Balaban J connectivity index is 2.21. The molecule has 0 amide bonds. The molecular weight excluding hydrogens is 228 g/mol. The Morgan fingerprint density at radius 3 is 2.72 bits per heavy atom. The number of benzene rings is 1. The number of carbonyl (C=O) groups is 1. The van der Waals surface area contributed by atoms with Crippen LogP contribution in [0.15, 0.2) is 36.4 Å². The fourth-order valence-electron chi connectivity index (χ4n) is 2.25. The van der Waals surface area contributed by atoms with E-state index >= 15 is 0 Å². The molecule has 1 fully saturated rings. The molecule has 0 aliphatic heterocycles. The van der Waals surface area contributed by atoms with Crippen LogP contribution >= 0.6 is 0 Å². The van der Waals surface area contributed by atoms with E-state index < -0.39 is 11.4 Å². The molecule has 1 aliphatic carbocycles. The van der Waals surface area contributed by atoms with Crippen LogP contribution in [0.25, 0.3) is 0 Å². The monoisotopic (exact) mass is 246 g/mol. The Labute approximate surface area is 107 Å². The van der Waals surface area contributed by atoms with Gasteiger partial charge in [0.25, 0.3) is 0 Å². The molecule has 0 atom stereocenters. The van der Waals surface area contributed by atoms with Gasteiger partial charge in [-0.15, -0.1) is 0 Å². The number of aliphatic carboxylic acids is 1. The molecule has 0 heterocycles. The lowest BCUT2D eigenvalue weighted by Crippen LogP contribution is -2.42. The maximum absolute atomic E-state index is 11.4. The molecule has 0 bridgehead atoms. The Morgan fingerprint density at radius 1 is 1.50 bits per heavy atom. The van der Waals surface area contributed by atoms with Gasteiger partial charge in [-0.1, -0.05) is 25.1 Å². The van der Waals surface area contributed by atoms with Crippen molar-refractivity contribution in [3.8, 4) is 5.75 Å². The van der Waals surface area contributed by atoms with Gasteiger partial charge in [-0.25, -0.2) is 0 Å². The summed E-state index contributed by atoms with van der Waals surface area (Å²) in [5.41, 5.74) is 1.10. The molecule has 1 aromatic carbocycles. The van der Waals surface area contributed by atoms with Crippen molar-refractivity contribution in [1.82, 2.24) is 0 Å². The first-order valence-electron chi connectivity index (χ1n) is 6.16. The van der Waals surface area contributed by atoms with Crippen molar-refractivity contribution in [3.63, 3.8) is 0 Å². The minimum absolute atomic E-state index is 0.462. The van der Waals surface area contributed by atoms with E-state index in [4.69, 9.17) is 4.74 Å². The Kier molecular flexibility index (Phi) is 3.41. The van der Waals surface area contributed by atoms with Crippen molar-refractivity contribution >= 4 is 5.97 Å². The van der Waals surface area contributed by atoms with Crippen LogP contribution < -0.4 is 4.74 Å². The number of ether oxygens (including phenoxy) is 1. The van der Waals surface area contributed by atoms with Crippen LogP contribution in [0.3, 0.4) is 0 Å². The summed E-state index contributed by atoms with van der Waals surface area (Å²) in [6, 6.07) is 7.42. The molecule has 0 radical (unpaired) electrons. The highest BCUT2D eigenvalue weighted by Gasteiger charge is 2.45. The van der Waals surface area contributed by atoms with Gasteiger partial charge in [-0.3, -0.25) is 4.79 Å². The van der Waals surface area contributed by atoms with Crippen LogP contribution in [-0.2, 0) is 10.2 Å². The van der Waals surface area contributed by atoms with Gasteiger partial charge in [0.15, 0.2) is 0 Å². The van der Waals surface area contributed by atoms with E-state index in [2.05, 4.69) is 6.58 Å². The lowest BCUT2D eigenvalue weighted by molar-refractivity contribution is -0.147. The largest absolute Gasteiger partial charge is 0.489 e. The van der Waals surface area contributed by atoms with E-state index in [1.165, 1.54) is 0 Å². The summed E-state index contributed by atoms with van der Waals surface area (Å²) in [5, 5.41) is 9.39. The van der Waals surface area contributed by atoms with Crippen molar-refractivity contribution in [1.29, 1.82) is 0 Å². The van der Waals surface area contributed by atoms with E-state index in [9.17, 15) is 9.90 Å². The molecule has 1 saturated carbocycles. The predicted octanol–water partition coefficient (Wildman–Crippen LogP) is 3.15. The number of rotatable bonds is 5. The smallest absolute Gasteiger partial charge is 0.314 e. The van der Waals surface area contributed by atoms with Crippen molar-refractivity contribution in [3.05, 3.63) is 42.0 Å². The van der Waals surface area contributed by atoms with Crippen molar-refractivity contribution in [2.24, 2.45) is 0 Å². The van der Waals surface area contributed by atoms with Crippen molar-refractivity contribution in [2.45, 2.75) is 31.6 Å². The molecule has 1 aromatic rings. The summed E-state index contributed by atoms with van der Waals surface area (Å²) in [7, 11) is 0. The van der Waals surface area contributed by atoms with E-state index in [0.29, 0.717) is 25.2 Å². The number of carboxylic acid groups (broad SMARTS) is 1. The molecule has 96 valence electrons. The maximum atomic E-state index is 11.4. The molecular formula is C15H18O3. The van der Waals surface area contributed by atoms with Crippen LogP contribution in [0.5, 0.6) is 5.75 Å². The third kappa shape index (κ3) is 2.26. The van der Waals surface area contributed by atoms with Gasteiger partial charge < -0.3 is 9.84 Å². The molecule has 3 heteroatoms. The van der Waals surface area contributed by atoms with E-state index in [1.807, 2.05) is 31.2 Å². The first-order valence-corrected chi connectivity index (χ1v) is 6.16. The number of hydrogen-bond acceptors (Lipinski definition) is 2. The standard InChI is InChI=1S/C15H18O3/c1-11(2)10-18-13-6-3-5-12(9-13)15(14(16)17)7-4-8-15/h3,5-6,9H,1,4,7-8,10H2,2H3,(H,16,17). The van der Waals surface area contributed by atoms with Crippen molar-refractivity contribution in [2.75, 3.05) is 6.61 Å². The zero-order valence-corrected chi connectivity index (χ0v) is 10.6. The van der Waals surface area contributed by atoms with E-state index in [1.54, 1.807) is 0 Å². The third-order valence-corrected chi connectivity index (χ3v) is 3.49. The number of hydrogen-bond donors (Lipinski definition) is 1. The van der Waals surface area contributed by atoms with Gasteiger partial charge in [0.1, 0.15) is 12.4 Å². The highest BCUT2D eigenvalue weighted by Crippen LogP contribution is 2.44. The van der Waals surface area contributed by atoms with E-state index in [-0.39, 0.29) is 0 Å². The minimum atomic E-state index is -0.731. The molecule has 0 unspecified atom stereocenters. The lowest BCUT2D eigenvalue weighted by Gasteiger charge is -2.38. The average molecular weight is 246 g/mol. The highest BCUT2D eigenvalue weighted by molar-refractivity contribution is 5.82. The molecule has 0 aromatic heterocycles. The van der Waals surface area contributed by atoms with Crippen LogP contribution in [0, 0.1) is 0 Å². The van der Waals surface area contributed by atoms with Gasteiger partial charge in [-0.2, -0.15) is 0 Å². The average Bonchev–Trinajstić information content (AvgIpc) is 2.25. The van der Waals surface area contributed by atoms with Gasteiger partial charge in [0.2, 0.25) is 0 Å².